The summed E-state index contributed by atoms with van der Waals surface area (Å²) in [6, 6.07) is 8.03. The van der Waals surface area contributed by atoms with Gasteiger partial charge in [0.15, 0.2) is 11.5 Å². The predicted molar refractivity (Wildman–Crippen MR) is 120 cm³/mol. The number of carbonyl (C=O) groups excluding carboxylic acids is 1. The van der Waals surface area contributed by atoms with E-state index in [-0.39, 0.29) is 17.2 Å². The van der Waals surface area contributed by atoms with E-state index in [9.17, 15) is 10.1 Å². The first kappa shape index (κ1) is 23.9. The molecule has 0 aromatic heterocycles. The summed E-state index contributed by atoms with van der Waals surface area (Å²) in [4.78, 5) is 12.7. The summed E-state index contributed by atoms with van der Waals surface area (Å²) in [6.07, 6.45) is 2.95. The number of nitrogens with one attached hydrogen (secondary N) is 1. The van der Waals surface area contributed by atoms with Crippen LogP contribution in [-0.2, 0) is 4.79 Å². The van der Waals surface area contributed by atoms with Crippen LogP contribution in [0.4, 0.5) is 5.69 Å². The Bertz CT molecular complexity index is 1060. The number of benzene rings is 2. The number of rotatable bonds is 9. The first-order valence-corrected chi connectivity index (χ1v) is 9.59. The van der Waals surface area contributed by atoms with Crippen LogP contribution in [0.25, 0.3) is 6.08 Å². The molecule has 0 spiro atoms. The zero-order valence-electron chi connectivity index (χ0n) is 17.1. The molecule has 9 heteroatoms. The van der Waals surface area contributed by atoms with E-state index in [2.05, 4.69) is 11.9 Å². The maximum absolute atomic E-state index is 12.7. The lowest BCUT2D eigenvalue weighted by atomic mass is 10.1. The highest BCUT2D eigenvalue weighted by atomic mass is 35.5. The second-order valence-corrected chi connectivity index (χ2v) is 6.76. The summed E-state index contributed by atoms with van der Waals surface area (Å²) >= 11 is 12.4. The van der Waals surface area contributed by atoms with Gasteiger partial charge in [-0.25, -0.2) is 0 Å². The lowest BCUT2D eigenvalue weighted by Crippen LogP contribution is -2.14. The third-order valence-electron chi connectivity index (χ3n) is 4.00. The summed E-state index contributed by atoms with van der Waals surface area (Å²) in [5.74, 6) is 0.675. The van der Waals surface area contributed by atoms with Gasteiger partial charge < -0.3 is 24.3 Å². The molecule has 0 aliphatic heterocycles. The predicted octanol–water partition coefficient (Wildman–Crippen LogP) is 5.13. The van der Waals surface area contributed by atoms with E-state index in [1.54, 1.807) is 18.2 Å². The topological polar surface area (TPSA) is 89.8 Å². The van der Waals surface area contributed by atoms with Gasteiger partial charge in [0.1, 0.15) is 29.7 Å². The fourth-order valence-electron chi connectivity index (χ4n) is 2.57. The third kappa shape index (κ3) is 5.85. The van der Waals surface area contributed by atoms with Crippen molar-refractivity contribution in [3.8, 4) is 29.1 Å². The van der Waals surface area contributed by atoms with E-state index < -0.39 is 5.91 Å². The minimum absolute atomic E-state index is 0.172. The van der Waals surface area contributed by atoms with E-state index in [0.29, 0.717) is 39.3 Å². The number of nitrogens with zero attached hydrogens (tertiary/aromatic N) is 1. The van der Waals surface area contributed by atoms with Gasteiger partial charge in [-0.3, -0.25) is 4.79 Å². The summed E-state index contributed by atoms with van der Waals surface area (Å²) in [5, 5.41) is 12.7. The van der Waals surface area contributed by atoms with Crippen LogP contribution in [0.1, 0.15) is 5.56 Å². The molecule has 0 unspecified atom stereocenters. The largest absolute Gasteiger partial charge is 0.495 e. The highest BCUT2D eigenvalue weighted by molar-refractivity contribution is 6.33. The molecule has 0 aliphatic rings. The molecular formula is C22H20Cl2N2O5. The number of anilines is 1. The van der Waals surface area contributed by atoms with Crippen LogP contribution >= 0.6 is 23.2 Å². The molecule has 0 saturated carbocycles. The Morgan fingerprint density at radius 1 is 1.06 bits per heavy atom. The van der Waals surface area contributed by atoms with Crippen molar-refractivity contribution >= 4 is 40.9 Å². The maximum Gasteiger partial charge on any atom is 0.266 e. The number of hydrogen-bond acceptors (Lipinski definition) is 6. The molecule has 7 nitrogen and oxygen atoms in total. The van der Waals surface area contributed by atoms with Gasteiger partial charge in [0.05, 0.1) is 37.1 Å². The van der Waals surface area contributed by atoms with Gasteiger partial charge in [-0.15, -0.1) is 0 Å². The average molecular weight is 463 g/mol. The Hall–Kier alpha value is -3.34. The van der Waals surface area contributed by atoms with Crippen LogP contribution in [0.2, 0.25) is 10.0 Å². The Labute approximate surface area is 190 Å². The molecule has 0 atom stereocenters. The van der Waals surface area contributed by atoms with E-state index in [0.717, 1.165) is 0 Å². The highest BCUT2D eigenvalue weighted by Gasteiger charge is 2.17. The Morgan fingerprint density at radius 3 is 2.32 bits per heavy atom. The zero-order chi connectivity index (χ0) is 23.0. The van der Waals surface area contributed by atoms with Gasteiger partial charge in [-0.2, -0.15) is 5.26 Å². The molecule has 0 bridgehead atoms. The molecule has 31 heavy (non-hydrogen) atoms. The van der Waals surface area contributed by atoms with Crippen molar-refractivity contribution < 1.29 is 23.7 Å². The number of halogens is 2. The first-order chi connectivity index (χ1) is 14.9. The van der Waals surface area contributed by atoms with Crippen molar-refractivity contribution in [1.82, 2.24) is 0 Å². The van der Waals surface area contributed by atoms with Gasteiger partial charge >= 0.3 is 0 Å². The minimum atomic E-state index is -0.660. The summed E-state index contributed by atoms with van der Waals surface area (Å²) in [6.45, 7) is 3.83. The Balaban J connectivity index is 2.38. The minimum Gasteiger partial charge on any atom is -0.495 e. The molecular weight excluding hydrogens is 443 g/mol. The van der Waals surface area contributed by atoms with Gasteiger partial charge in [0, 0.05) is 12.1 Å². The zero-order valence-corrected chi connectivity index (χ0v) is 18.6. The van der Waals surface area contributed by atoms with Crippen LogP contribution in [-0.4, -0.2) is 33.8 Å². The molecule has 2 rings (SSSR count). The van der Waals surface area contributed by atoms with Gasteiger partial charge in [0.25, 0.3) is 5.91 Å². The van der Waals surface area contributed by atoms with E-state index in [1.807, 2.05) is 6.07 Å². The van der Waals surface area contributed by atoms with Crippen LogP contribution < -0.4 is 24.3 Å². The second-order valence-electron chi connectivity index (χ2n) is 5.94. The van der Waals surface area contributed by atoms with E-state index in [4.69, 9.17) is 42.1 Å². The molecule has 1 N–H and O–H groups in total. The van der Waals surface area contributed by atoms with Crippen LogP contribution in [0.5, 0.6) is 23.0 Å². The van der Waals surface area contributed by atoms with E-state index in [1.165, 1.54) is 39.5 Å². The lowest BCUT2D eigenvalue weighted by Gasteiger charge is -2.13. The fraction of sp³-hybridized carbons (Fsp3) is 0.182. The van der Waals surface area contributed by atoms with Crippen molar-refractivity contribution in [2.75, 3.05) is 33.3 Å². The maximum atomic E-state index is 12.7. The summed E-state index contributed by atoms with van der Waals surface area (Å²) in [5.41, 5.74) is 0.590. The van der Waals surface area contributed by atoms with Crippen LogP contribution in [0.15, 0.2) is 42.5 Å². The number of methoxy groups -OCH3 is 3. The summed E-state index contributed by atoms with van der Waals surface area (Å²) in [7, 11) is 4.33. The van der Waals surface area contributed by atoms with Gasteiger partial charge in [0.2, 0.25) is 0 Å². The third-order valence-corrected chi connectivity index (χ3v) is 4.57. The average Bonchev–Trinajstić information content (AvgIpc) is 2.76. The number of nitriles is 1. The quantitative estimate of drug-likeness (QED) is 0.315. The highest BCUT2D eigenvalue weighted by Crippen LogP contribution is 2.38. The number of amides is 1. The molecule has 0 saturated heterocycles. The molecule has 0 heterocycles. The van der Waals surface area contributed by atoms with Gasteiger partial charge in [-0.1, -0.05) is 35.9 Å². The standard InChI is InChI=1S/C22H20Cl2N2O5/c1-5-6-31-21-16(24)8-13(9-20(21)30-4)7-14(12-25)22(27)26-17-11-18(28-2)15(23)10-19(17)29-3/h5,7-11H,1,6H2,2-4H3,(H,26,27)/b14-7+. The second kappa shape index (κ2) is 11.2. The van der Waals surface area contributed by atoms with Crippen LogP contribution in [0, 0.1) is 11.3 Å². The Morgan fingerprint density at radius 2 is 1.74 bits per heavy atom. The van der Waals surface area contributed by atoms with Crippen molar-refractivity contribution in [1.29, 1.82) is 5.26 Å². The van der Waals surface area contributed by atoms with Crippen molar-refractivity contribution in [2.24, 2.45) is 0 Å². The SMILES string of the molecule is C=CCOc1c(Cl)cc(/C=C(\C#N)C(=O)Nc2cc(OC)c(Cl)cc2OC)cc1OC. The Kier molecular flexibility index (Phi) is 8.62. The fourth-order valence-corrected chi connectivity index (χ4v) is 3.07. The number of carbonyl (C=O) groups is 1. The van der Waals surface area contributed by atoms with Gasteiger partial charge in [-0.05, 0) is 23.8 Å². The molecule has 0 fully saturated rings. The lowest BCUT2D eigenvalue weighted by molar-refractivity contribution is -0.112. The first-order valence-electron chi connectivity index (χ1n) is 8.84. The smallest absolute Gasteiger partial charge is 0.266 e. The van der Waals surface area contributed by atoms with E-state index >= 15 is 0 Å². The van der Waals surface area contributed by atoms with Crippen molar-refractivity contribution in [3.05, 3.63) is 58.1 Å². The normalized spacial score (nSPS) is 10.6. The molecule has 0 aliphatic carbocycles. The molecule has 0 radical (unpaired) electrons. The van der Waals surface area contributed by atoms with Crippen molar-refractivity contribution in [3.63, 3.8) is 0 Å². The monoisotopic (exact) mass is 462 g/mol. The number of hydrogen-bond donors (Lipinski definition) is 1. The van der Waals surface area contributed by atoms with Crippen molar-refractivity contribution in [2.45, 2.75) is 0 Å². The molecule has 2 aromatic rings. The number of ether oxygens (including phenoxy) is 4. The molecule has 162 valence electrons. The summed E-state index contributed by atoms with van der Waals surface area (Å²) < 4.78 is 21.2. The molecule has 2 aromatic carbocycles. The molecule has 1 amide bonds. The van der Waals surface area contributed by atoms with Crippen LogP contribution in [0.3, 0.4) is 0 Å².